The van der Waals surface area contributed by atoms with Crippen LogP contribution in [0.1, 0.15) is 12.8 Å². The zero-order valence-corrected chi connectivity index (χ0v) is 11.1. The zero-order valence-electron chi connectivity index (χ0n) is 10.3. The average molecular weight is 272 g/mol. The molecule has 5 nitrogen and oxygen atoms in total. The van der Waals surface area contributed by atoms with Crippen LogP contribution in [-0.4, -0.2) is 23.6 Å². The molecule has 1 aromatic rings. The third-order valence-electron chi connectivity index (χ3n) is 3.01. The van der Waals surface area contributed by atoms with Crippen molar-refractivity contribution in [1.82, 2.24) is 9.88 Å². The predicted molar refractivity (Wildman–Crippen MR) is 73.2 cm³/mol. The molecule has 2 rings (SSSR count). The Morgan fingerprint density at radius 2 is 2.33 bits per heavy atom. The lowest BCUT2D eigenvalue weighted by atomic mass is 10.0. The Morgan fingerprint density at radius 1 is 1.56 bits per heavy atom. The van der Waals surface area contributed by atoms with Crippen LogP contribution in [0.4, 0.5) is 5.69 Å². The van der Waals surface area contributed by atoms with E-state index in [-0.39, 0.29) is 23.9 Å². The van der Waals surface area contributed by atoms with Crippen LogP contribution in [0.15, 0.2) is 23.1 Å². The van der Waals surface area contributed by atoms with Crippen LogP contribution in [0.2, 0.25) is 0 Å². The van der Waals surface area contributed by atoms with Crippen LogP contribution in [-0.2, 0) is 11.8 Å². The summed E-state index contributed by atoms with van der Waals surface area (Å²) in [6.07, 6.45) is 3.23. The summed E-state index contributed by atoms with van der Waals surface area (Å²) >= 11 is 0. The van der Waals surface area contributed by atoms with Gasteiger partial charge in [-0.3, -0.25) is 9.59 Å². The highest BCUT2D eigenvalue weighted by molar-refractivity contribution is 5.90. The molecule has 0 aliphatic carbocycles. The third kappa shape index (κ3) is 3.85. The van der Waals surface area contributed by atoms with Gasteiger partial charge in [0, 0.05) is 25.7 Å². The van der Waals surface area contributed by atoms with Gasteiger partial charge in [-0.25, -0.2) is 0 Å². The molecule has 1 aliphatic rings. The first-order valence-electron chi connectivity index (χ1n) is 5.82. The van der Waals surface area contributed by atoms with Gasteiger partial charge in [-0.2, -0.15) is 0 Å². The van der Waals surface area contributed by atoms with Crippen molar-refractivity contribution in [2.24, 2.45) is 13.0 Å². The fourth-order valence-corrected chi connectivity index (χ4v) is 2.03. The van der Waals surface area contributed by atoms with Gasteiger partial charge in [0.1, 0.15) is 0 Å². The number of amides is 1. The average Bonchev–Trinajstić information content (AvgIpc) is 2.76. The topological polar surface area (TPSA) is 63.1 Å². The summed E-state index contributed by atoms with van der Waals surface area (Å²) < 4.78 is 1.45. The fraction of sp³-hybridized carbons (Fsp3) is 0.500. The molecule has 6 heteroatoms. The smallest absolute Gasteiger partial charge is 0.250 e. The van der Waals surface area contributed by atoms with E-state index in [2.05, 4.69) is 10.6 Å². The van der Waals surface area contributed by atoms with Crippen molar-refractivity contribution in [3.63, 3.8) is 0 Å². The first-order valence-corrected chi connectivity index (χ1v) is 5.82. The molecular weight excluding hydrogens is 254 g/mol. The summed E-state index contributed by atoms with van der Waals surface area (Å²) in [4.78, 5) is 22.9. The summed E-state index contributed by atoms with van der Waals surface area (Å²) in [5.74, 6) is 0.444. The Morgan fingerprint density at radius 3 is 2.94 bits per heavy atom. The van der Waals surface area contributed by atoms with Gasteiger partial charge in [-0.15, -0.1) is 12.4 Å². The molecule has 1 aromatic heterocycles. The van der Waals surface area contributed by atoms with E-state index in [1.165, 1.54) is 10.6 Å². The number of carbonyl (C=O) groups excluding carboxylic acids is 1. The minimum atomic E-state index is -0.0806. The van der Waals surface area contributed by atoms with Crippen molar-refractivity contribution >= 4 is 24.0 Å². The van der Waals surface area contributed by atoms with Gasteiger partial charge < -0.3 is 15.2 Å². The third-order valence-corrected chi connectivity index (χ3v) is 3.01. The number of hydrogen-bond acceptors (Lipinski definition) is 3. The van der Waals surface area contributed by atoms with Gasteiger partial charge in [0.25, 0.3) is 0 Å². The lowest BCUT2D eigenvalue weighted by Crippen LogP contribution is -2.20. The molecule has 0 bridgehead atoms. The highest BCUT2D eigenvalue weighted by Crippen LogP contribution is 2.13. The van der Waals surface area contributed by atoms with Crippen LogP contribution in [0.25, 0.3) is 0 Å². The minimum Gasteiger partial charge on any atom is -0.325 e. The summed E-state index contributed by atoms with van der Waals surface area (Å²) in [7, 11) is 1.67. The second-order valence-corrected chi connectivity index (χ2v) is 4.48. The molecule has 1 atom stereocenters. The molecule has 0 saturated carbocycles. The normalized spacial score (nSPS) is 18.2. The number of nitrogens with zero attached hydrogens (tertiary/aromatic N) is 1. The summed E-state index contributed by atoms with van der Waals surface area (Å²) in [5.41, 5.74) is 0.589. The SMILES string of the molecule is Cl.Cn1cc(NC(=O)CC2CCNC2)ccc1=O. The van der Waals surface area contributed by atoms with E-state index in [1.807, 2.05) is 0 Å². The van der Waals surface area contributed by atoms with Gasteiger partial charge >= 0.3 is 0 Å². The number of pyridine rings is 1. The van der Waals surface area contributed by atoms with Crippen molar-refractivity contribution in [3.8, 4) is 0 Å². The predicted octanol–water partition coefficient (Wildman–Crippen LogP) is 0.745. The van der Waals surface area contributed by atoms with Crippen LogP contribution >= 0.6 is 12.4 Å². The largest absolute Gasteiger partial charge is 0.325 e. The van der Waals surface area contributed by atoms with Crippen molar-refractivity contribution < 1.29 is 4.79 Å². The summed E-state index contributed by atoms with van der Waals surface area (Å²) in [6, 6.07) is 3.08. The monoisotopic (exact) mass is 271 g/mol. The first kappa shape index (κ1) is 14.7. The molecule has 0 radical (unpaired) electrons. The Balaban J connectivity index is 0.00000162. The number of carbonyl (C=O) groups is 1. The summed E-state index contributed by atoms with van der Waals surface area (Å²) in [5, 5.41) is 6.04. The van der Waals surface area contributed by atoms with Crippen molar-refractivity contribution in [2.45, 2.75) is 12.8 Å². The van der Waals surface area contributed by atoms with Crippen molar-refractivity contribution in [1.29, 1.82) is 0 Å². The van der Waals surface area contributed by atoms with Crippen LogP contribution < -0.4 is 16.2 Å². The highest BCUT2D eigenvalue weighted by Gasteiger charge is 2.17. The second-order valence-electron chi connectivity index (χ2n) is 4.48. The Labute approximate surface area is 112 Å². The summed E-state index contributed by atoms with van der Waals surface area (Å²) in [6.45, 7) is 1.92. The van der Waals surface area contributed by atoms with Crippen molar-refractivity contribution in [2.75, 3.05) is 18.4 Å². The standard InChI is InChI=1S/C12H17N3O2.ClH/c1-15-8-10(2-3-12(15)17)14-11(16)6-9-4-5-13-7-9;/h2-3,8-9,13H,4-7H2,1H3,(H,14,16);1H. The molecule has 1 saturated heterocycles. The van der Waals surface area contributed by atoms with Gasteiger partial charge in [0.2, 0.25) is 11.5 Å². The molecule has 100 valence electrons. The maximum Gasteiger partial charge on any atom is 0.250 e. The first-order chi connectivity index (χ1) is 8.15. The lowest BCUT2D eigenvalue weighted by molar-refractivity contribution is -0.116. The van der Waals surface area contributed by atoms with Crippen molar-refractivity contribution in [3.05, 3.63) is 28.7 Å². The zero-order chi connectivity index (χ0) is 12.3. The van der Waals surface area contributed by atoms with E-state index in [4.69, 9.17) is 0 Å². The maximum absolute atomic E-state index is 11.7. The molecule has 1 fully saturated rings. The Hall–Kier alpha value is -1.33. The quantitative estimate of drug-likeness (QED) is 0.853. The number of anilines is 1. The lowest BCUT2D eigenvalue weighted by Gasteiger charge is -2.09. The molecule has 18 heavy (non-hydrogen) atoms. The maximum atomic E-state index is 11.7. The number of nitrogens with one attached hydrogen (secondary N) is 2. The number of aryl methyl sites for hydroxylation is 1. The molecule has 0 spiro atoms. The number of halogens is 1. The fourth-order valence-electron chi connectivity index (χ4n) is 2.03. The Kier molecular flexibility index (Phi) is 5.37. The van der Waals surface area contributed by atoms with Crippen LogP contribution in [0, 0.1) is 5.92 Å². The molecule has 0 aromatic carbocycles. The number of rotatable bonds is 3. The molecule has 1 unspecified atom stereocenters. The van der Waals surface area contributed by atoms with Crippen LogP contribution in [0.5, 0.6) is 0 Å². The highest BCUT2D eigenvalue weighted by atomic mass is 35.5. The molecule has 1 amide bonds. The van der Waals surface area contributed by atoms with Gasteiger partial charge in [0.15, 0.2) is 0 Å². The van der Waals surface area contributed by atoms with E-state index < -0.39 is 0 Å². The van der Waals surface area contributed by atoms with Crippen LogP contribution in [0.3, 0.4) is 0 Å². The number of aromatic nitrogens is 1. The molecule has 2 heterocycles. The molecule has 2 N–H and O–H groups in total. The second kappa shape index (κ2) is 6.56. The molecular formula is C12H18ClN3O2. The molecule has 1 aliphatic heterocycles. The van der Waals surface area contributed by atoms with E-state index >= 15 is 0 Å². The van der Waals surface area contributed by atoms with E-state index in [0.717, 1.165) is 19.5 Å². The van der Waals surface area contributed by atoms with E-state index in [0.29, 0.717) is 18.0 Å². The van der Waals surface area contributed by atoms with Gasteiger partial charge in [0.05, 0.1) is 5.69 Å². The van der Waals surface area contributed by atoms with Gasteiger partial charge in [-0.1, -0.05) is 0 Å². The van der Waals surface area contributed by atoms with E-state index in [1.54, 1.807) is 19.3 Å². The van der Waals surface area contributed by atoms with E-state index in [9.17, 15) is 9.59 Å². The minimum absolute atomic E-state index is 0. The number of hydrogen-bond donors (Lipinski definition) is 2. The van der Waals surface area contributed by atoms with Gasteiger partial charge in [-0.05, 0) is 31.5 Å². The Bertz CT molecular complexity index is 467.